The number of carbonyl (C=O) groups is 1. The molecule has 0 aliphatic carbocycles. The smallest absolute Gasteiger partial charge is 0.331 e. The van der Waals surface area contributed by atoms with Crippen LogP contribution in [-0.4, -0.2) is 11.1 Å². The van der Waals surface area contributed by atoms with Gasteiger partial charge in [-0.1, -0.05) is 18.2 Å². The normalized spacial score (nSPS) is 12.1. The van der Waals surface area contributed by atoms with E-state index in [-0.39, 0.29) is 5.69 Å². The van der Waals surface area contributed by atoms with Crippen LogP contribution in [0.2, 0.25) is 0 Å². The van der Waals surface area contributed by atoms with E-state index in [1.54, 1.807) is 29.6 Å². The molecule has 1 atom stereocenters. The van der Waals surface area contributed by atoms with Crippen molar-refractivity contribution >= 4 is 23.0 Å². The van der Waals surface area contributed by atoms with Gasteiger partial charge in [-0.3, -0.25) is 0 Å². The van der Waals surface area contributed by atoms with E-state index in [4.69, 9.17) is 5.11 Å². The van der Waals surface area contributed by atoms with Crippen molar-refractivity contribution in [2.45, 2.75) is 6.04 Å². The number of thiophene rings is 1. The second-order valence-electron chi connectivity index (χ2n) is 3.41. The highest BCUT2D eigenvalue weighted by Crippen LogP contribution is 2.25. The molecule has 0 saturated carbocycles. The Bertz CT molecular complexity index is 513. The number of benzene rings is 1. The summed E-state index contributed by atoms with van der Waals surface area (Å²) in [4.78, 5) is 11.8. The Morgan fingerprint density at radius 2 is 2.06 bits per heavy atom. The predicted octanol–water partition coefficient (Wildman–Crippen LogP) is 3.13. The molecular weight excluding hydrogens is 241 g/mol. The number of aliphatic carboxylic acids is 1. The summed E-state index contributed by atoms with van der Waals surface area (Å²) in [5.74, 6) is -1.49. The molecule has 2 N–H and O–H groups in total. The number of nitrogens with one attached hydrogen (secondary N) is 1. The molecule has 0 radical (unpaired) electrons. The Morgan fingerprint density at radius 3 is 2.65 bits per heavy atom. The molecule has 88 valence electrons. The molecule has 1 heterocycles. The zero-order valence-electron chi connectivity index (χ0n) is 8.76. The van der Waals surface area contributed by atoms with E-state index in [1.807, 2.05) is 0 Å². The fourth-order valence-corrected chi connectivity index (χ4v) is 2.21. The van der Waals surface area contributed by atoms with Crippen LogP contribution in [0.15, 0.2) is 41.8 Å². The van der Waals surface area contributed by atoms with E-state index >= 15 is 0 Å². The third-order valence-corrected chi connectivity index (χ3v) is 3.19. The third-order valence-electron chi connectivity index (χ3n) is 2.25. The fourth-order valence-electron chi connectivity index (χ4n) is 1.44. The maximum absolute atomic E-state index is 13.4. The van der Waals surface area contributed by atoms with Crippen molar-refractivity contribution in [2.24, 2.45) is 0 Å². The highest BCUT2D eigenvalue weighted by atomic mass is 32.1. The van der Waals surface area contributed by atoms with Gasteiger partial charge in [-0.2, -0.15) is 0 Å². The number of hydrogen-bond acceptors (Lipinski definition) is 3. The van der Waals surface area contributed by atoms with Gasteiger partial charge in [0.1, 0.15) is 5.82 Å². The van der Waals surface area contributed by atoms with E-state index in [0.717, 1.165) is 0 Å². The number of halogens is 1. The summed E-state index contributed by atoms with van der Waals surface area (Å²) in [5, 5.41) is 13.6. The van der Waals surface area contributed by atoms with Crippen LogP contribution in [0.5, 0.6) is 0 Å². The number of carboxylic acids is 1. The van der Waals surface area contributed by atoms with Gasteiger partial charge in [0.05, 0.1) is 5.69 Å². The van der Waals surface area contributed by atoms with Crippen molar-refractivity contribution < 1.29 is 14.3 Å². The first kappa shape index (κ1) is 11.6. The number of anilines is 1. The monoisotopic (exact) mass is 251 g/mol. The van der Waals surface area contributed by atoms with Crippen LogP contribution in [0, 0.1) is 5.82 Å². The SMILES string of the molecule is O=C(O)[C@H](Nc1ccccc1F)c1cccs1. The van der Waals surface area contributed by atoms with Gasteiger partial charge in [-0.05, 0) is 23.6 Å². The van der Waals surface area contributed by atoms with Gasteiger partial charge in [0.2, 0.25) is 0 Å². The lowest BCUT2D eigenvalue weighted by molar-refractivity contribution is -0.138. The Balaban J connectivity index is 2.26. The van der Waals surface area contributed by atoms with Crippen molar-refractivity contribution in [3.05, 3.63) is 52.5 Å². The predicted molar refractivity (Wildman–Crippen MR) is 64.7 cm³/mol. The first-order valence-electron chi connectivity index (χ1n) is 4.96. The highest BCUT2D eigenvalue weighted by molar-refractivity contribution is 7.10. The Hall–Kier alpha value is -1.88. The first-order valence-corrected chi connectivity index (χ1v) is 5.83. The van der Waals surface area contributed by atoms with Crippen LogP contribution >= 0.6 is 11.3 Å². The summed E-state index contributed by atoms with van der Waals surface area (Å²) >= 11 is 1.32. The second kappa shape index (κ2) is 4.97. The van der Waals surface area contributed by atoms with Gasteiger partial charge in [0, 0.05) is 4.88 Å². The summed E-state index contributed by atoms with van der Waals surface area (Å²) in [6.45, 7) is 0. The van der Waals surface area contributed by atoms with Crippen LogP contribution in [-0.2, 0) is 4.79 Å². The van der Waals surface area contributed by atoms with Gasteiger partial charge in [0.25, 0.3) is 0 Å². The average Bonchev–Trinajstić information content (AvgIpc) is 2.81. The van der Waals surface area contributed by atoms with Crippen molar-refractivity contribution in [2.75, 3.05) is 5.32 Å². The summed E-state index contributed by atoms with van der Waals surface area (Å²) in [6.07, 6.45) is 0. The van der Waals surface area contributed by atoms with Crippen LogP contribution < -0.4 is 5.32 Å². The molecule has 5 heteroatoms. The van der Waals surface area contributed by atoms with Gasteiger partial charge >= 0.3 is 5.97 Å². The zero-order chi connectivity index (χ0) is 12.3. The molecule has 1 aromatic carbocycles. The molecule has 1 aromatic heterocycles. The quantitative estimate of drug-likeness (QED) is 0.877. The molecule has 0 unspecified atom stereocenters. The van der Waals surface area contributed by atoms with Crippen LogP contribution in [0.3, 0.4) is 0 Å². The average molecular weight is 251 g/mol. The molecule has 17 heavy (non-hydrogen) atoms. The van der Waals surface area contributed by atoms with Gasteiger partial charge in [-0.15, -0.1) is 11.3 Å². The molecule has 0 amide bonds. The minimum Gasteiger partial charge on any atom is -0.479 e. The van der Waals surface area contributed by atoms with E-state index in [1.165, 1.54) is 23.5 Å². The molecule has 0 aliphatic heterocycles. The maximum atomic E-state index is 13.4. The fraction of sp³-hybridized carbons (Fsp3) is 0.0833. The first-order chi connectivity index (χ1) is 8.18. The van der Waals surface area contributed by atoms with Crippen molar-refractivity contribution in [1.29, 1.82) is 0 Å². The number of hydrogen-bond donors (Lipinski definition) is 2. The molecule has 0 spiro atoms. The van der Waals surface area contributed by atoms with Crippen molar-refractivity contribution in [1.82, 2.24) is 0 Å². The molecule has 2 rings (SSSR count). The molecule has 3 nitrogen and oxygen atoms in total. The Kier molecular flexibility index (Phi) is 3.39. The van der Waals surface area contributed by atoms with Gasteiger partial charge < -0.3 is 10.4 Å². The number of para-hydroxylation sites is 1. The number of rotatable bonds is 4. The van der Waals surface area contributed by atoms with E-state index in [2.05, 4.69) is 5.32 Å². The van der Waals surface area contributed by atoms with Crippen molar-refractivity contribution in [3.8, 4) is 0 Å². The lowest BCUT2D eigenvalue weighted by atomic mass is 10.2. The zero-order valence-corrected chi connectivity index (χ0v) is 9.58. The lowest BCUT2D eigenvalue weighted by Gasteiger charge is -2.14. The van der Waals surface area contributed by atoms with Crippen molar-refractivity contribution in [3.63, 3.8) is 0 Å². The van der Waals surface area contributed by atoms with Crippen LogP contribution in [0.1, 0.15) is 10.9 Å². The Labute approximate surface area is 102 Å². The van der Waals surface area contributed by atoms with Gasteiger partial charge in [0.15, 0.2) is 6.04 Å². The largest absolute Gasteiger partial charge is 0.479 e. The topological polar surface area (TPSA) is 49.3 Å². The summed E-state index contributed by atoms with van der Waals surface area (Å²) in [6, 6.07) is 8.55. The van der Waals surface area contributed by atoms with Crippen LogP contribution in [0.25, 0.3) is 0 Å². The summed E-state index contributed by atoms with van der Waals surface area (Å²) in [5.41, 5.74) is 0.188. The highest BCUT2D eigenvalue weighted by Gasteiger charge is 2.21. The number of carboxylic acid groups (broad SMARTS) is 1. The van der Waals surface area contributed by atoms with Crippen LogP contribution in [0.4, 0.5) is 10.1 Å². The molecule has 0 fully saturated rings. The standard InChI is InChI=1S/C12H10FNO2S/c13-8-4-1-2-5-9(8)14-11(12(15)16)10-6-3-7-17-10/h1-7,11,14H,(H,15,16)/t11-/m1/s1. The van der Waals surface area contributed by atoms with E-state index < -0.39 is 17.8 Å². The lowest BCUT2D eigenvalue weighted by Crippen LogP contribution is -2.19. The Morgan fingerprint density at radius 1 is 1.29 bits per heavy atom. The molecule has 0 saturated heterocycles. The molecule has 0 aliphatic rings. The third kappa shape index (κ3) is 2.62. The molecule has 2 aromatic rings. The molecule has 0 bridgehead atoms. The summed E-state index contributed by atoms with van der Waals surface area (Å²) in [7, 11) is 0. The minimum atomic E-state index is -1.03. The van der Waals surface area contributed by atoms with E-state index in [9.17, 15) is 9.18 Å². The van der Waals surface area contributed by atoms with Gasteiger partial charge in [-0.25, -0.2) is 9.18 Å². The van der Waals surface area contributed by atoms with E-state index in [0.29, 0.717) is 4.88 Å². The minimum absolute atomic E-state index is 0.188. The molecular formula is C12H10FNO2S. The second-order valence-corrected chi connectivity index (χ2v) is 4.39. The summed E-state index contributed by atoms with van der Waals surface area (Å²) < 4.78 is 13.4. The maximum Gasteiger partial charge on any atom is 0.331 e.